The van der Waals surface area contributed by atoms with Crippen LogP contribution in [-0.2, 0) is 11.3 Å². The molecule has 1 aromatic heterocycles. The van der Waals surface area contributed by atoms with E-state index in [0.717, 1.165) is 22.5 Å². The van der Waals surface area contributed by atoms with Gasteiger partial charge in [0, 0.05) is 31.0 Å². The Labute approximate surface area is 202 Å². The fourth-order valence-corrected chi connectivity index (χ4v) is 4.24. The highest BCUT2D eigenvalue weighted by atomic mass is 32.2. The van der Waals surface area contributed by atoms with Gasteiger partial charge in [0.05, 0.1) is 11.8 Å². The fraction of sp³-hybridized carbons (Fsp3) is 0.192. The second-order valence-electron chi connectivity index (χ2n) is 8.08. The first-order valence-electron chi connectivity index (χ1n) is 10.9. The Morgan fingerprint density at radius 1 is 1.00 bits per heavy atom. The molecule has 0 saturated carbocycles. The summed E-state index contributed by atoms with van der Waals surface area (Å²) in [5.74, 6) is 0.190. The van der Waals surface area contributed by atoms with Crippen molar-refractivity contribution in [1.82, 2.24) is 14.8 Å². The number of carbonyl (C=O) groups is 1. The van der Waals surface area contributed by atoms with Crippen molar-refractivity contribution in [2.75, 3.05) is 24.3 Å². The van der Waals surface area contributed by atoms with Crippen LogP contribution in [0.15, 0.2) is 84.0 Å². The van der Waals surface area contributed by atoms with Crippen LogP contribution in [0, 0.1) is 5.82 Å². The summed E-state index contributed by atoms with van der Waals surface area (Å²) in [5, 5.41) is 11.9. The molecule has 1 atom stereocenters. The maximum atomic E-state index is 13.5. The summed E-state index contributed by atoms with van der Waals surface area (Å²) < 4.78 is 15.4. The highest BCUT2D eigenvalue weighted by Gasteiger charge is 2.21. The molecule has 1 N–H and O–H groups in total. The van der Waals surface area contributed by atoms with Crippen LogP contribution >= 0.6 is 11.8 Å². The molecular formula is C26H26FN5OS. The van der Waals surface area contributed by atoms with Crippen molar-refractivity contribution in [3.63, 3.8) is 0 Å². The van der Waals surface area contributed by atoms with Crippen LogP contribution in [0.5, 0.6) is 0 Å². The van der Waals surface area contributed by atoms with E-state index >= 15 is 0 Å². The number of hydrogen-bond donors (Lipinski definition) is 1. The van der Waals surface area contributed by atoms with E-state index < -0.39 is 5.25 Å². The molecule has 0 fully saturated rings. The molecule has 1 amide bonds. The molecule has 4 rings (SSSR count). The Bertz CT molecular complexity index is 1240. The van der Waals surface area contributed by atoms with E-state index in [4.69, 9.17) is 0 Å². The molecule has 4 aromatic rings. The number of rotatable bonds is 8. The highest BCUT2D eigenvalue weighted by molar-refractivity contribution is 8.00. The number of nitrogens with zero attached hydrogens (tertiary/aromatic N) is 4. The van der Waals surface area contributed by atoms with Gasteiger partial charge in [0.1, 0.15) is 5.82 Å². The Morgan fingerprint density at radius 2 is 1.68 bits per heavy atom. The SMILES string of the molecule is CC(Sc1nnc(-c2ccc(F)cc2)n1Cc1ccccc1)C(=O)Nc1ccc(N(C)C)cc1. The van der Waals surface area contributed by atoms with E-state index in [1.165, 1.54) is 23.9 Å². The number of amides is 1. The van der Waals surface area contributed by atoms with E-state index in [1.54, 1.807) is 12.1 Å². The third-order valence-electron chi connectivity index (χ3n) is 5.31. The maximum Gasteiger partial charge on any atom is 0.237 e. The van der Waals surface area contributed by atoms with Gasteiger partial charge in [0.25, 0.3) is 0 Å². The number of thioether (sulfide) groups is 1. The minimum atomic E-state index is -0.409. The van der Waals surface area contributed by atoms with Crippen molar-refractivity contribution in [3.05, 3.63) is 90.2 Å². The summed E-state index contributed by atoms with van der Waals surface area (Å²) in [4.78, 5) is 14.9. The number of hydrogen-bond acceptors (Lipinski definition) is 5. The van der Waals surface area contributed by atoms with Crippen LogP contribution in [0.4, 0.5) is 15.8 Å². The summed E-state index contributed by atoms with van der Waals surface area (Å²) >= 11 is 1.34. The topological polar surface area (TPSA) is 63.1 Å². The van der Waals surface area contributed by atoms with E-state index in [2.05, 4.69) is 15.5 Å². The smallest absolute Gasteiger partial charge is 0.237 e. The first kappa shape index (κ1) is 23.5. The van der Waals surface area contributed by atoms with E-state index in [1.807, 2.05) is 85.1 Å². The molecule has 3 aromatic carbocycles. The van der Waals surface area contributed by atoms with Crippen molar-refractivity contribution < 1.29 is 9.18 Å². The first-order valence-corrected chi connectivity index (χ1v) is 11.8. The quantitative estimate of drug-likeness (QED) is 0.350. The number of halogens is 1. The van der Waals surface area contributed by atoms with Gasteiger partial charge < -0.3 is 10.2 Å². The fourth-order valence-electron chi connectivity index (χ4n) is 3.40. The van der Waals surface area contributed by atoms with Gasteiger partial charge in [-0.3, -0.25) is 9.36 Å². The second kappa shape index (κ2) is 10.5. The third kappa shape index (κ3) is 5.63. The van der Waals surface area contributed by atoms with Gasteiger partial charge in [0.15, 0.2) is 11.0 Å². The van der Waals surface area contributed by atoms with Crippen LogP contribution in [0.3, 0.4) is 0 Å². The van der Waals surface area contributed by atoms with Gasteiger partial charge >= 0.3 is 0 Å². The number of anilines is 2. The van der Waals surface area contributed by atoms with Gasteiger partial charge in [-0.2, -0.15) is 0 Å². The van der Waals surface area contributed by atoms with Crippen molar-refractivity contribution in [3.8, 4) is 11.4 Å². The maximum absolute atomic E-state index is 13.5. The largest absolute Gasteiger partial charge is 0.378 e. The van der Waals surface area contributed by atoms with Crippen LogP contribution in [0.25, 0.3) is 11.4 Å². The summed E-state index contributed by atoms with van der Waals surface area (Å²) in [6.07, 6.45) is 0. The van der Waals surface area contributed by atoms with Crippen LogP contribution in [0.1, 0.15) is 12.5 Å². The highest BCUT2D eigenvalue weighted by Crippen LogP contribution is 2.29. The molecule has 8 heteroatoms. The van der Waals surface area contributed by atoms with Crippen molar-refractivity contribution in [2.24, 2.45) is 0 Å². The van der Waals surface area contributed by atoms with Gasteiger partial charge in [0.2, 0.25) is 5.91 Å². The average Bonchev–Trinajstić information content (AvgIpc) is 3.22. The number of aromatic nitrogens is 3. The van der Waals surface area contributed by atoms with Crippen molar-refractivity contribution in [1.29, 1.82) is 0 Å². The molecule has 0 spiro atoms. The molecule has 0 aliphatic rings. The minimum absolute atomic E-state index is 0.125. The normalized spacial score (nSPS) is 11.8. The van der Waals surface area contributed by atoms with E-state index in [9.17, 15) is 9.18 Å². The molecule has 0 radical (unpaired) electrons. The molecule has 174 valence electrons. The van der Waals surface area contributed by atoms with Crippen molar-refractivity contribution in [2.45, 2.75) is 23.9 Å². The summed E-state index contributed by atoms with van der Waals surface area (Å²) in [6, 6.07) is 23.8. The summed E-state index contributed by atoms with van der Waals surface area (Å²) in [7, 11) is 3.94. The molecule has 0 bridgehead atoms. The molecule has 0 aliphatic heterocycles. The van der Waals surface area contributed by atoms with Gasteiger partial charge in [-0.15, -0.1) is 10.2 Å². The predicted molar refractivity (Wildman–Crippen MR) is 136 cm³/mol. The molecule has 6 nitrogen and oxygen atoms in total. The summed E-state index contributed by atoms with van der Waals surface area (Å²) in [5.41, 5.74) is 3.63. The lowest BCUT2D eigenvalue weighted by molar-refractivity contribution is -0.115. The van der Waals surface area contributed by atoms with E-state index in [-0.39, 0.29) is 11.7 Å². The number of nitrogens with one attached hydrogen (secondary N) is 1. The van der Waals surface area contributed by atoms with Gasteiger partial charge in [-0.25, -0.2) is 4.39 Å². The lowest BCUT2D eigenvalue weighted by atomic mass is 10.2. The molecule has 34 heavy (non-hydrogen) atoms. The Hall–Kier alpha value is -3.65. The number of benzene rings is 3. The predicted octanol–water partition coefficient (Wildman–Crippen LogP) is 5.32. The second-order valence-corrected chi connectivity index (χ2v) is 9.38. The molecule has 0 aliphatic carbocycles. The van der Waals surface area contributed by atoms with E-state index in [0.29, 0.717) is 17.5 Å². The standard InChI is InChI=1S/C26H26FN5OS/c1-18(25(33)28-22-13-15-23(16-14-22)31(2)3)34-26-30-29-24(20-9-11-21(27)12-10-20)32(26)17-19-7-5-4-6-8-19/h4-16,18H,17H2,1-3H3,(H,28,33). The Morgan fingerprint density at radius 3 is 2.32 bits per heavy atom. The molecule has 1 unspecified atom stereocenters. The number of carbonyl (C=O) groups excluding carboxylic acids is 1. The zero-order chi connectivity index (χ0) is 24.1. The molecular weight excluding hydrogens is 449 g/mol. The molecule has 0 saturated heterocycles. The monoisotopic (exact) mass is 475 g/mol. The lowest BCUT2D eigenvalue weighted by Gasteiger charge is -2.15. The lowest BCUT2D eigenvalue weighted by Crippen LogP contribution is -2.23. The third-order valence-corrected chi connectivity index (χ3v) is 6.39. The van der Waals surface area contributed by atoms with Crippen molar-refractivity contribution >= 4 is 29.0 Å². The van der Waals surface area contributed by atoms with Gasteiger partial charge in [-0.05, 0) is 61.0 Å². The first-order chi connectivity index (χ1) is 16.4. The zero-order valence-corrected chi connectivity index (χ0v) is 20.1. The minimum Gasteiger partial charge on any atom is -0.378 e. The Kier molecular flexibility index (Phi) is 7.27. The van der Waals surface area contributed by atoms with Crippen LogP contribution < -0.4 is 10.2 Å². The Balaban J connectivity index is 1.55. The zero-order valence-electron chi connectivity index (χ0n) is 19.3. The van der Waals surface area contributed by atoms with Crippen LogP contribution in [0.2, 0.25) is 0 Å². The summed E-state index contributed by atoms with van der Waals surface area (Å²) in [6.45, 7) is 2.37. The van der Waals surface area contributed by atoms with Gasteiger partial charge in [-0.1, -0.05) is 42.1 Å². The molecule has 1 heterocycles. The van der Waals surface area contributed by atoms with Crippen LogP contribution in [-0.4, -0.2) is 40.0 Å². The average molecular weight is 476 g/mol.